The first-order chi connectivity index (χ1) is 9.10. The SMILES string of the molecule is COc1ccc([N+](=O)[O-])c(OCC2(CBr)CCC2)c1. The molecule has 19 heavy (non-hydrogen) atoms. The molecule has 0 amide bonds. The van der Waals surface area contributed by atoms with Crippen LogP contribution in [0.3, 0.4) is 0 Å². The Morgan fingerprint density at radius 2 is 2.21 bits per heavy atom. The van der Waals surface area contributed by atoms with E-state index in [2.05, 4.69) is 15.9 Å². The zero-order valence-electron chi connectivity index (χ0n) is 10.7. The fourth-order valence-corrected chi connectivity index (χ4v) is 2.83. The molecule has 1 aliphatic rings. The number of nitrogens with zero attached hydrogens (tertiary/aromatic N) is 1. The second-order valence-corrected chi connectivity index (χ2v) is 5.43. The molecule has 1 aromatic rings. The minimum absolute atomic E-state index is 0.0233. The van der Waals surface area contributed by atoms with Crippen molar-refractivity contribution in [3.63, 3.8) is 0 Å². The molecule has 6 heteroatoms. The van der Waals surface area contributed by atoms with E-state index in [0.717, 1.165) is 18.2 Å². The van der Waals surface area contributed by atoms with Gasteiger partial charge in [0.25, 0.3) is 0 Å². The maximum atomic E-state index is 11.0. The average molecular weight is 330 g/mol. The summed E-state index contributed by atoms with van der Waals surface area (Å²) < 4.78 is 10.8. The molecule has 0 aliphatic heterocycles. The van der Waals surface area contributed by atoms with Crippen molar-refractivity contribution in [1.29, 1.82) is 0 Å². The number of rotatable bonds is 6. The van der Waals surface area contributed by atoms with Crippen LogP contribution in [-0.4, -0.2) is 24.0 Å². The van der Waals surface area contributed by atoms with Gasteiger partial charge in [0.15, 0.2) is 0 Å². The molecule has 5 nitrogen and oxygen atoms in total. The lowest BCUT2D eigenvalue weighted by Gasteiger charge is -2.39. The van der Waals surface area contributed by atoms with Crippen molar-refractivity contribution in [2.24, 2.45) is 5.41 Å². The smallest absolute Gasteiger partial charge is 0.311 e. The van der Waals surface area contributed by atoms with Gasteiger partial charge in [0.1, 0.15) is 5.75 Å². The van der Waals surface area contributed by atoms with Crippen LogP contribution in [0.1, 0.15) is 19.3 Å². The van der Waals surface area contributed by atoms with E-state index in [-0.39, 0.29) is 16.9 Å². The predicted molar refractivity (Wildman–Crippen MR) is 75.2 cm³/mol. The molecule has 1 aromatic carbocycles. The zero-order chi connectivity index (χ0) is 13.9. The first-order valence-electron chi connectivity index (χ1n) is 6.11. The van der Waals surface area contributed by atoms with Crippen LogP contribution in [0.25, 0.3) is 0 Å². The standard InChI is InChI=1S/C13H16BrNO4/c1-18-10-3-4-11(15(16)17)12(7-10)19-9-13(8-14)5-2-6-13/h3-4,7H,2,5-6,8-9H2,1H3. The van der Waals surface area contributed by atoms with Gasteiger partial charge in [-0.15, -0.1) is 0 Å². The molecule has 0 saturated heterocycles. The molecular formula is C13H16BrNO4. The second-order valence-electron chi connectivity index (χ2n) is 4.87. The number of alkyl halides is 1. The lowest BCUT2D eigenvalue weighted by molar-refractivity contribution is -0.386. The van der Waals surface area contributed by atoms with Crippen LogP contribution in [0, 0.1) is 15.5 Å². The third kappa shape index (κ3) is 3.00. The Kier molecular flexibility index (Phi) is 4.29. The highest BCUT2D eigenvalue weighted by atomic mass is 79.9. The summed E-state index contributed by atoms with van der Waals surface area (Å²) in [5.74, 6) is 0.832. The van der Waals surface area contributed by atoms with Gasteiger partial charge in [-0.1, -0.05) is 22.4 Å². The van der Waals surface area contributed by atoms with Crippen molar-refractivity contribution in [2.45, 2.75) is 19.3 Å². The van der Waals surface area contributed by atoms with Gasteiger partial charge in [-0.2, -0.15) is 0 Å². The van der Waals surface area contributed by atoms with E-state index < -0.39 is 4.92 Å². The fourth-order valence-electron chi connectivity index (χ4n) is 2.11. The molecule has 1 fully saturated rings. The number of nitro groups is 1. The number of benzene rings is 1. The van der Waals surface area contributed by atoms with Crippen molar-refractivity contribution in [3.8, 4) is 11.5 Å². The minimum Gasteiger partial charge on any atom is -0.497 e. The maximum Gasteiger partial charge on any atom is 0.311 e. The normalized spacial score (nSPS) is 16.5. The van der Waals surface area contributed by atoms with E-state index in [1.54, 1.807) is 12.1 Å². The van der Waals surface area contributed by atoms with Crippen molar-refractivity contribution in [3.05, 3.63) is 28.3 Å². The van der Waals surface area contributed by atoms with Gasteiger partial charge < -0.3 is 9.47 Å². The Balaban J connectivity index is 2.15. The van der Waals surface area contributed by atoms with E-state index in [0.29, 0.717) is 12.4 Å². The lowest BCUT2D eigenvalue weighted by Crippen LogP contribution is -2.37. The van der Waals surface area contributed by atoms with E-state index in [4.69, 9.17) is 9.47 Å². The van der Waals surface area contributed by atoms with E-state index in [1.807, 2.05) is 0 Å². The third-order valence-corrected chi connectivity index (χ3v) is 4.78. The monoisotopic (exact) mass is 329 g/mol. The molecule has 1 saturated carbocycles. The Morgan fingerprint density at radius 3 is 2.68 bits per heavy atom. The molecule has 104 valence electrons. The molecule has 2 rings (SSSR count). The third-order valence-electron chi connectivity index (χ3n) is 3.60. The van der Waals surface area contributed by atoms with Crippen LogP contribution in [0.15, 0.2) is 18.2 Å². The molecule has 1 aliphatic carbocycles. The highest BCUT2D eigenvalue weighted by Gasteiger charge is 2.37. The molecule has 0 spiro atoms. The van der Waals surface area contributed by atoms with Gasteiger partial charge in [-0.05, 0) is 18.9 Å². The summed E-state index contributed by atoms with van der Waals surface area (Å²) >= 11 is 3.49. The number of nitro benzene ring substituents is 1. The lowest BCUT2D eigenvalue weighted by atomic mass is 9.71. The summed E-state index contributed by atoms with van der Waals surface area (Å²) in [6.07, 6.45) is 3.38. The van der Waals surface area contributed by atoms with Crippen molar-refractivity contribution >= 4 is 21.6 Å². The summed E-state index contributed by atoms with van der Waals surface area (Å²) in [5.41, 5.74) is 0.0987. The van der Waals surface area contributed by atoms with Gasteiger partial charge in [-0.3, -0.25) is 10.1 Å². The average Bonchev–Trinajstić information content (AvgIpc) is 2.37. The summed E-state index contributed by atoms with van der Waals surface area (Å²) in [4.78, 5) is 10.5. The Labute approximate surface area is 120 Å². The van der Waals surface area contributed by atoms with Gasteiger partial charge in [0, 0.05) is 22.9 Å². The quantitative estimate of drug-likeness (QED) is 0.455. The second kappa shape index (κ2) is 5.77. The van der Waals surface area contributed by atoms with Crippen molar-refractivity contribution < 1.29 is 14.4 Å². The van der Waals surface area contributed by atoms with Crippen LogP contribution in [0.2, 0.25) is 0 Å². The Hall–Kier alpha value is -1.30. The molecule has 0 heterocycles. The number of hydrogen-bond donors (Lipinski definition) is 0. The van der Waals surface area contributed by atoms with E-state index in [1.165, 1.54) is 19.6 Å². The molecule has 0 N–H and O–H groups in total. The number of methoxy groups -OCH3 is 1. The summed E-state index contributed by atoms with van der Waals surface area (Å²) in [5, 5.41) is 11.8. The van der Waals surface area contributed by atoms with Crippen molar-refractivity contribution in [1.82, 2.24) is 0 Å². The van der Waals surface area contributed by atoms with Crippen LogP contribution >= 0.6 is 15.9 Å². The molecule has 0 radical (unpaired) electrons. The highest BCUT2D eigenvalue weighted by molar-refractivity contribution is 9.09. The largest absolute Gasteiger partial charge is 0.497 e. The van der Waals surface area contributed by atoms with Gasteiger partial charge in [0.2, 0.25) is 5.75 Å². The van der Waals surface area contributed by atoms with Crippen LogP contribution in [0.5, 0.6) is 11.5 Å². The zero-order valence-corrected chi connectivity index (χ0v) is 12.3. The van der Waals surface area contributed by atoms with E-state index >= 15 is 0 Å². The first-order valence-corrected chi connectivity index (χ1v) is 7.23. The highest BCUT2D eigenvalue weighted by Crippen LogP contribution is 2.43. The molecule has 0 unspecified atom stereocenters. The Morgan fingerprint density at radius 1 is 1.47 bits per heavy atom. The van der Waals surface area contributed by atoms with Gasteiger partial charge in [-0.25, -0.2) is 0 Å². The predicted octanol–water partition coefficient (Wildman–Crippen LogP) is 3.55. The minimum atomic E-state index is -0.434. The fraction of sp³-hybridized carbons (Fsp3) is 0.538. The van der Waals surface area contributed by atoms with Crippen molar-refractivity contribution in [2.75, 3.05) is 19.0 Å². The molecule has 0 bridgehead atoms. The van der Waals surface area contributed by atoms with Gasteiger partial charge >= 0.3 is 5.69 Å². The molecular weight excluding hydrogens is 314 g/mol. The Bertz CT molecular complexity index is 468. The summed E-state index contributed by atoms with van der Waals surface area (Å²) in [7, 11) is 1.52. The number of halogens is 1. The van der Waals surface area contributed by atoms with Crippen LogP contribution < -0.4 is 9.47 Å². The van der Waals surface area contributed by atoms with E-state index in [9.17, 15) is 10.1 Å². The molecule has 0 atom stereocenters. The summed E-state index contributed by atoms with van der Waals surface area (Å²) in [6.45, 7) is 0.492. The maximum absolute atomic E-state index is 11.0. The first kappa shape index (κ1) is 14.1. The molecule has 0 aromatic heterocycles. The summed E-state index contributed by atoms with van der Waals surface area (Å²) in [6, 6.07) is 4.54. The topological polar surface area (TPSA) is 61.6 Å². The van der Waals surface area contributed by atoms with Crippen LogP contribution in [-0.2, 0) is 0 Å². The number of hydrogen-bond acceptors (Lipinski definition) is 4. The number of ether oxygens (including phenoxy) is 2. The van der Waals surface area contributed by atoms with Gasteiger partial charge in [0.05, 0.1) is 18.6 Å². The van der Waals surface area contributed by atoms with Crippen LogP contribution in [0.4, 0.5) is 5.69 Å².